The van der Waals surface area contributed by atoms with Gasteiger partial charge in [0.25, 0.3) is 0 Å². The minimum atomic E-state index is -0.201. The van der Waals surface area contributed by atoms with Gasteiger partial charge in [0, 0.05) is 18.0 Å². The number of nitrogens with one attached hydrogen (secondary N) is 1. The van der Waals surface area contributed by atoms with Gasteiger partial charge in [0.15, 0.2) is 0 Å². The van der Waals surface area contributed by atoms with Crippen molar-refractivity contribution in [1.29, 1.82) is 0 Å². The molecule has 1 aliphatic heterocycles. The molecule has 2 rings (SSSR count). The third-order valence-electron chi connectivity index (χ3n) is 2.48. The monoisotopic (exact) mass is 247 g/mol. The average Bonchev–Trinajstić information content (AvgIpc) is 2.57. The van der Waals surface area contributed by atoms with Gasteiger partial charge in [-0.2, -0.15) is 0 Å². The van der Waals surface area contributed by atoms with E-state index in [0.29, 0.717) is 0 Å². The van der Waals surface area contributed by atoms with Gasteiger partial charge in [-0.3, -0.25) is 5.32 Å². The molecule has 2 nitrogen and oxygen atoms in total. The fourth-order valence-corrected chi connectivity index (χ4v) is 1.87. The lowest BCUT2D eigenvalue weighted by Gasteiger charge is -2.23. The SMILES string of the molecule is CC1(Cc2ccc(Cl)cc2)NCCO1.Cl. The van der Waals surface area contributed by atoms with Crippen LogP contribution in [0.1, 0.15) is 12.5 Å². The van der Waals surface area contributed by atoms with E-state index >= 15 is 0 Å². The Kier molecular flexibility index (Phi) is 4.41. The summed E-state index contributed by atoms with van der Waals surface area (Å²) in [6, 6.07) is 7.90. The summed E-state index contributed by atoms with van der Waals surface area (Å²) in [6.45, 7) is 3.81. The van der Waals surface area contributed by atoms with E-state index in [1.54, 1.807) is 0 Å². The first kappa shape index (κ1) is 12.8. The van der Waals surface area contributed by atoms with E-state index in [1.807, 2.05) is 24.3 Å². The molecule has 0 aliphatic carbocycles. The van der Waals surface area contributed by atoms with Crippen molar-refractivity contribution in [3.05, 3.63) is 34.9 Å². The van der Waals surface area contributed by atoms with E-state index in [1.165, 1.54) is 5.56 Å². The molecule has 0 saturated carbocycles. The van der Waals surface area contributed by atoms with E-state index in [2.05, 4.69) is 12.2 Å². The molecule has 1 N–H and O–H groups in total. The highest BCUT2D eigenvalue weighted by atomic mass is 35.5. The number of ether oxygens (including phenoxy) is 1. The molecule has 4 heteroatoms. The summed E-state index contributed by atoms with van der Waals surface area (Å²) in [5.74, 6) is 0. The molecule has 84 valence electrons. The molecule has 1 aromatic carbocycles. The van der Waals surface area contributed by atoms with Gasteiger partial charge in [0.2, 0.25) is 0 Å². The summed E-state index contributed by atoms with van der Waals surface area (Å²) < 4.78 is 5.63. The zero-order valence-electron chi connectivity index (χ0n) is 8.63. The van der Waals surface area contributed by atoms with Gasteiger partial charge in [0.05, 0.1) is 6.61 Å². The zero-order valence-corrected chi connectivity index (χ0v) is 10.2. The Balaban J connectivity index is 0.00000112. The Hall–Kier alpha value is -0.280. The molecule has 1 fully saturated rings. The average molecular weight is 248 g/mol. The number of halogens is 2. The number of rotatable bonds is 2. The topological polar surface area (TPSA) is 21.3 Å². The summed E-state index contributed by atoms with van der Waals surface area (Å²) in [4.78, 5) is 0. The number of hydrogen-bond donors (Lipinski definition) is 1. The van der Waals surface area contributed by atoms with Crippen LogP contribution in [0.3, 0.4) is 0 Å². The molecule has 0 spiro atoms. The van der Waals surface area contributed by atoms with Crippen LogP contribution in [0.15, 0.2) is 24.3 Å². The van der Waals surface area contributed by atoms with Crippen molar-refractivity contribution < 1.29 is 4.74 Å². The lowest BCUT2D eigenvalue weighted by molar-refractivity contribution is 0.00702. The third kappa shape index (κ3) is 3.35. The molecule has 0 bridgehead atoms. The molecular formula is C11H15Cl2NO. The van der Waals surface area contributed by atoms with Crippen molar-refractivity contribution in [2.75, 3.05) is 13.2 Å². The van der Waals surface area contributed by atoms with Crippen molar-refractivity contribution in [3.8, 4) is 0 Å². The van der Waals surface area contributed by atoms with Gasteiger partial charge in [-0.05, 0) is 24.6 Å². The number of benzene rings is 1. The van der Waals surface area contributed by atoms with E-state index in [0.717, 1.165) is 24.6 Å². The summed E-state index contributed by atoms with van der Waals surface area (Å²) in [5.41, 5.74) is 1.04. The zero-order chi connectivity index (χ0) is 10.0. The van der Waals surface area contributed by atoms with Crippen molar-refractivity contribution >= 4 is 24.0 Å². The van der Waals surface area contributed by atoms with Crippen LogP contribution < -0.4 is 5.32 Å². The van der Waals surface area contributed by atoms with E-state index in [-0.39, 0.29) is 18.1 Å². The van der Waals surface area contributed by atoms with Gasteiger partial charge >= 0.3 is 0 Å². The van der Waals surface area contributed by atoms with E-state index < -0.39 is 0 Å². The van der Waals surface area contributed by atoms with Crippen LogP contribution in [0.2, 0.25) is 5.02 Å². The van der Waals surface area contributed by atoms with Gasteiger partial charge in [-0.25, -0.2) is 0 Å². The van der Waals surface area contributed by atoms with E-state index in [9.17, 15) is 0 Å². The second kappa shape index (κ2) is 5.17. The molecule has 15 heavy (non-hydrogen) atoms. The summed E-state index contributed by atoms with van der Waals surface area (Å²) in [5, 5.41) is 4.12. The van der Waals surface area contributed by atoms with Gasteiger partial charge in [-0.1, -0.05) is 23.7 Å². The van der Waals surface area contributed by atoms with Crippen molar-refractivity contribution in [1.82, 2.24) is 5.32 Å². The smallest absolute Gasteiger partial charge is 0.120 e. The Morgan fingerprint density at radius 3 is 2.60 bits per heavy atom. The fraction of sp³-hybridized carbons (Fsp3) is 0.455. The van der Waals surface area contributed by atoms with Crippen molar-refractivity contribution in [2.24, 2.45) is 0 Å². The molecule has 0 radical (unpaired) electrons. The standard InChI is InChI=1S/C11H14ClNO.ClH/c1-11(13-6-7-14-11)8-9-2-4-10(12)5-3-9;/h2-5,13H,6-8H2,1H3;1H. The maximum atomic E-state index is 5.82. The minimum Gasteiger partial charge on any atom is -0.359 e. The van der Waals surface area contributed by atoms with Crippen LogP contribution in [0.5, 0.6) is 0 Å². The van der Waals surface area contributed by atoms with Crippen LogP contribution >= 0.6 is 24.0 Å². The maximum Gasteiger partial charge on any atom is 0.120 e. The number of hydrogen-bond acceptors (Lipinski definition) is 2. The Labute approximate surface area is 101 Å². The molecule has 1 unspecified atom stereocenters. The minimum absolute atomic E-state index is 0. The second-order valence-electron chi connectivity index (χ2n) is 3.81. The fourth-order valence-electron chi connectivity index (χ4n) is 1.75. The third-order valence-corrected chi connectivity index (χ3v) is 2.73. The van der Waals surface area contributed by atoms with Crippen LogP contribution in [0, 0.1) is 0 Å². The van der Waals surface area contributed by atoms with Crippen LogP contribution in [-0.4, -0.2) is 18.9 Å². The highest BCUT2D eigenvalue weighted by molar-refractivity contribution is 6.30. The molecular weight excluding hydrogens is 233 g/mol. The predicted molar refractivity (Wildman–Crippen MR) is 64.8 cm³/mol. The molecule has 0 aromatic heterocycles. The molecule has 0 amide bonds. The van der Waals surface area contributed by atoms with E-state index in [4.69, 9.17) is 16.3 Å². The molecule has 1 aromatic rings. The first-order valence-electron chi connectivity index (χ1n) is 4.81. The largest absolute Gasteiger partial charge is 0.359 e. The molecule has 1 heterocycles. The maximum absolute atomic E-state index is 5.82. The first-order chi connectivity index (χ1) is 6.68. The van der Waals surface area contributed by atoms with Crippen LogP contribution in [0.4, 0.5) is 0 Å². The normalized spacial score (nSPS) is 24.9. The summed E-state index contributed by atoms with van der Waals surface area (Å²) in [6.07, 6.45) is 0.879. The quantitative estimate of drug-likeness (QED) is 0.868. The first-order valence-corrected chi connectivity index (χ1v) is 5.19. The highest BCUT2D eigenvalue weighted by Gasteiger charge is 2.28. The Bertz CT molecular complexity index is 307. The van der Waals surface area contributed by atoms with Gasteiger partial charge < -0.3 is 4.74 Å². The predicted octanol–water partition coefficient (Wildman–Crippen LogP) is 2.64. The highest BCUT2D eigenvalue weighted by Crippen LogP contribution is 2.19. The molecule has 1 atom stereocenters. The summed E-state index contributed by atoms with van der Waals surface area (Å²) >= 11 is 5.82. The van der Waals surface area contributed by atoms with Crippen molar-refractivity contribution in [2.45, 2.75) is 19.1 Å². The molecule has 1 aliphatic rings. The Morgan fingerprint density at radius 2 is 2.07 bits per heavy atom. The van der Waals surface area contributed by atoms with Gasteiger partial charge in [-0.15, -0.1) is 12.4 Å². The summed E-state index contributed by atoms with van der Waals surface area (Å²) in [7, 11) is 0. The lowest BCUT2D eigenvalue weighted by Crippen LogP contribution is -2.39. The van der Waals surface area contributed by atoms with Crippen LogP contribution in [0.25, 0.3) is 0 Å². The second-order valence-corrected chi connectivity index (χ2v) is 4.25. The van der Waals surface area contributed by atoms with Crippen LogP contribution in [-0.2, 0) is 11.2 Å². The molecule has 1 saturated heterocycles. The Morgan fingerprint density at radius 1 is 1.40 bits per heavy atom. The van der Waals surface area contributed by atoms with Crippen molar-refractivity contribution in [3.63, 3.8) is 0 Å². The lowest BCUT2D eigenvalue weighted by atomic mass is 10.0. The van der Waals surface area contributed by atoms with Gasteiger partial charge in [0.1, 0.15) is 5.72 Å².